The van der Waals surface area contributed by atoms with Crippen molar-refractivity contribution in [2.75, 3.05) is 16.8 Å². The molecule has 1 heterocycles. The van der Waals surface area contributed by atoms with Gasteiger partial charge in [0.2, 0.25) is 5.91 Å². The number of aryl methyl sites for hydroxylation is 2. The number of thioether (sulfide) groups is 1. The van der Waals surface area contributed by atoms with Crippen LogP contribution in [0, 0.1) is 13.8 Å². The average Bonchev–Trinajstić information content (AvgIpc) is 3.20. The Kier molecular flexibility index (Phi) is 6.48. The average molecular weight is 464 g/mol. The number of aromatic nitrogens is 3. The van der Waals surface area contributed by atoms with Crippen molar-refractivity contribution in [2.24, 2.45) is 0 Å². The van der Waals surface area contributed by atoms with E-state index in [0.29, 0.717) is 27.4 Å². The van der Waals surface area contributed by atoms with Crippen LogP contribution in [0.1, 0.15) is 11.1 Å². The molecule has 0 saturated heterocycles. The number of nitrogen functional groups attached to an aromatic ring is 1. The highest BCUT2D eigenvalue weighted by atomic mass is 35.5. The summed E-state index contributed by atoms with van der Waals surface area (Å²) in [5.41, 5.74) is 11.1. The molecule has 0 unspecified atom stereocenters. The van der Waals surface area contributed by atoms with Gasteiger partial charge < -0.3 is 11.1 Å². The van der Waals surface area contributed by atoms with Gasteiger partial charge in [-0.1, -0.05) is 47.1 Å². The topological polar surface area (TPSA) is 85.8 Å². The Labute approximate surface area is 195 Å². The van der Waals surface area contributed by atoms with Gasteiger partial charge in [0.15, 0.2) is 11.0 Å². The number of nitrogens with two attached hydrogens (primary N) is 1. The quantitative estimate of drug-likeness (QED) is 0.290. The van der Waals surface area contributed by atoms with Gasteiger partial charge in [-0.25, -0.2) is 0 Å². The molecule has 1 amide bonds. The fourth-order valence-electron chi connectivity index (χ4n) is 3.17. The van der Waals surface area contributed by atoms with Crippen LogP contribution in [-0.4, -0.2) is 26.4 Å². The Hall–Kier alpha value is -3.29. The molecular formula is C24H22ClN5OS. The SMILES string of the molecule is Cc1ccc(-n2c(SCC(=O)Nc3cc(N)ccc3C)nnc2-c2ccc(Cl)cc2)cc1. The number of nitrogens with one attached hydrogen (secondary N) is 1. The van der Waals surface area contributed by atoms with Crippen molar-refractivity contribution in [3.05, 3.63) is 82.9 Å². The van der Waals surface area contributed by atoms with Crippen LogP contribution in [0.15, 0.2) is 71.9 Å². The molecule has 0 fully saturated rings. The van der Waals surface area contributed by atoms with Crippen molar-refractivity contribution in [1.29, 1.82) is 0 Å². The number of hydrogen-bond acceptors (Lipinski definition) is 5. The molecule has 162 valence electrons. The monoisotopic (exact) mass is 463 g/mol. The van der Waals surface area contributed by atoms with Gasteiger partial charge in [-0.05, 0) is 67.9 Å². The largest absolute Gasteiger partial charge is 0.399 e. The Morgan fingerprint density at radius 2 is 1.75 bits per heavy atom. The van der Waals surface area contributed by atoms with Crippen molar-refractivity contribution in [1.82, 2.24) is 14.8 Å². The lowest BCUT2D eigenvalue weighted by Crippen LogP contribution is -2.15. The fraction of sp³-hybridized carbons (Fsp3) is 0.125. The molecular weight excluding hydrogens is 442 g/mol. The number of carbonyl (C=O) groups excluding carboxylic acids is 1. The van der Waals surface area contributed by atoms with E-state index in [1.165, 1.54) is 11.8 Å². The van der Waals surface area contributed by atoms with E-state index in [0.717, 1.165) is 22.4 Å². The number of amides is 1. The van der Waals surface area contributed by atoms with Gasteiger partial charge in [0.05, 0.1) is 5.75 Å². The highest BCUT2D eigenvalue weighted by molar-refractivity contribution is 7.99. The minimum absolute atomic E-state index is 0.143. The summed E-state index contributed by atoms with van der Waals surface area (Å²) < 4.78 is 1.95. The zero-order chi connectivity index (χ0) is 22.7. The second-order valence-electron chi connectivity index (χ2n) is 7.40. The zero-order valence-corrected chi connectivity index (χ0v) is 19.2. The summed E-state index contributed by atoms with van der Waals surface area (Å²) in [5, 5.41) is 13.0. The highest BCUT2D eigenvalue weighted by Gasteiger charge is 2.17. The van der Waals surface area contributed by atoms with Crippen LogP contribution >= 0.6 is 23.4 Å². The van der Waals surface area contributed by atoms with Crippen molar-refractivity contribution in [3.63, 3.8) is 0 Å². The Balaban J connectivity index is 1.60. The van der Waals surface area contributed by atoms with E-state index in [1.807, 2.05) is 79.1 Å². The number of rotatable bonds is 6. The van der Waals surface area contributed by atoms with E-state index in [4.69, 9.17) is 17.3 Å². The molecule has 0 atom stereocenters. The second kappa shape index (κ2) is 9.46. The highest BCUT2D eigenvalue weighted by Crippen LogP contribution is 2.29. The maximum absolute atomic E-state index is 12.6. The number of anilines is 2. The Bertz CT molecular complexity index is 1250. The maximum Gasteiger partial charge on any atom is 0.234 e. The first-order valence-corrected chi connectivity index (χ1v) is 11.3. The molecule has 0 saturated carbocycles. The molecule has 32 heavy (non-hydrogen) atoms. The Morgan fingerprint density at radius 3 is 2.47 bits per heavy atom. The van der Waals surface area contributed by atoms with Crippen LogP contribution in [0.4, 0.5) is 11.4 Å². The molecule has 1 aromatic heterocycles. The lowest BCUT2D eigenvalue weighted by atomic mass is 10.2. The molecule has 0 radical (unpaired) electrons. The predicted octanol–water partition coefficient (Wildman–Crippen LogP) is 5.52. The van der Waals surface area contributed by atoms with Crippen LogP contribution in [-0.2, 0) is 4.79 Å². The number of nitrogens with zero attached hydrogens (tertiary/aromatic N) is 3. The molecule has 8 heteroatoms. The third-order valence-corrected chi connectivity index (χ3v) is 6.08. The summed E-state index contributed by atoms with van der Waals surface area (Å²) in [6.07, 6.45) is 0. The number of benzene rings is 3. The van der Waals surface area contributed by atoms with Crippen LogP contribution < -0.4 is 11.1 Å². The van der Waals surface area contributed by atoms with Crippen molar-refractivity contribution in [3.8, 4) is 17.1 Å². The van der Waals surface area contributed by atoms with Crippen molar-refractivity contribution >= 4 is 40.6 Å². The molecule has 0 spiro atoms. The van der Waals surface area contributed by atoms with E-state index >= 15 is 0 Å². The van der Waals surface area contributed by atoms with Crippen LogP contribution in [0.2, 0.25) is 5.02 Å². The number of hydrogen-bond donors (Lipinski definition) is 2. The van der Waals surface area contributed by atoms with Gasteiger partial charge in [-0.2, -0.15) is 0 Å². The molecule has 4 rings (SSSR count). The summed E-state index contributed by atoms with van der Waals surface area (Å²) in [6.45, 7) is 3.96. The normalized spacial score (nSPS) is 10.8. The molecule has 4 aromatic rings. The smallest absolute Gasteiger partial charge is 0.234 e. The summed E-state index contributed by atoms with van der Waals surface area (Å²) in [5.74, 6) is 0.717. The van der Waals surface area contributed by atoms with Crippen LogP contribution in [0.5, 0.6) is 0 Å². The van der Waals surface area contributed by atoms with Crippen molar-refractivity contribution < 1.29 is 4.79 Å². The van der Waals surface area contributed by atoms with E-state index in [9.17, 15) is 4.79 Å². The first-order chi connectivity index (χ1) is 15.4. The molecule has 3 N–H and O–H groups in total. The van der Waals surface area contributed by atoms with Gasteiger partial charge >= 0.3 is 0 Å². The third kappa shape index (κ3) is 4.95. The Morgan fingerprint density at radius 1 is 1.03 bits per heavy atom. The first kappa shape index (κ1) is 21.9. The lowest BCUT2D eigenvalue weighted by molar-refractivity contribution is -0.113. The molecule has 0 bridgehead atoms. The van der Waals surface area contributed by atoms with E-state index in [2.05, 4.69) is 15.5 Å². The number of carbonyl (C=O) groups is 1. The minimum atomic E-state index is -0.143. The lowest BCUT2D eigenvalue weighted by Gasteiger charge is -2.12. The standard InChI is InChI=1S/C24H22ClN5OS/c1-15-3-11-20(12-4-15)30-23(17-6-8-18(25)9-7-17)28-29-24(30)32-14-22(31)27-21-13-19(26)10-5-16(21)2/h3-13H,14,26H2,1-2H3,(H,27,31). The zero-order valence-electron chi connectivity index (χ0n) is 17.7. The van der Waals surface area contributed by atoms with Gasteiger partial charge in [0, 0.05) is 27.6 Å². The molecule has 0 aliphatic heterocycles. The van der Waals surface area contributed by atoms with Gasteiger partial charge in [-0.15, -0.1) is 10.2 Å². The van der Waals surface area contributed by atoms with Gasteiger partial charge in [-0.3, -0.25) is 9.36 Å². The third-order valence-electron chi connectivity index (χ3n) is 4.90. The molecule has 0 aliphatic rings. The molecule has 3 aromatic carbocycles. The van der Waals surface area contributed by atoms with Gasteiger partial charge in [0.25, 0.3) is 0 Å². The number of halogens is 1. The molecule has 6 nitrogen and oxygen atoms in total. The summed E-state index contributed by atoms with van der Waals surface area (Å²) in [6, 6.07) is 21.0. The summed E-state index contributed by atoms with van der Waals surface area (Å²) in [4.78, 5) is 12.6. The second-order valence-corrected chi connectivity index (χ2v) is 8.77. The summed E-state index contributed by atoms with van der Waals surface area (Å²) >= 11 is 7.37. The fourth-order valence-corrected chi connectivity index (χ4v) is 4.04. The van der Waals surface area contributed by atoms with E-state index in [1.54, 1.807) is 6.07 Å². The first-order valence-electron chi connectivity index (χ1n) is 9.98. The van der Waals surface area contributed by atoms with Gasteiger partial charge in [0.1, 0.15) is 0 Å². The predicted molar refractivity (Wildman–Crippen MR) is 131 cm³/mol. The van der Waals surface area contributed by atoms with E-state index < -0.39 is 0 Å². The van der Waals surface area contributed by atoms with Crippen LogP contribution in [0.25, 0.3) is 17.1 Å². The maximum atomic E-state index is 12.6. The van der Waals surface area contributed by atoms with Crippen LogP contribution in [0.3, 0.4) is 0 Å². The van der Waals surface area contributed by atoms with E-state index in [-0.39, 0.29) is 11.7 Å². The molecule has 0 aliphatic carbocycles. The summed E-state index contributed by atoms with van der Waals surface area (Å²) in [7, 11) is 0. The minimum Gasteiger partial charge on any atom is -0.399 e. The van der Waals surface area contributed by atoms with Crippen molar-refractivity contribution in [2.45, 2.75) is 19.0 Å².